The number of aromatic hydroxyl groups is 1. The molecule has 0 aromatic heterocycles. The average molecular weight is 236 g/mol. The average Bonchev–Trinajstić information content (AvgIpc) is 2.62. The van der Waals surface area contributed by atoms with Crippen LogP contribution in [-0.2, 0) is 6.42 Å². The molecule has 1 aromatic rings. The van der Waals surface area contributed by atoms with E-state index < -0.39 is 0 Å². The van der Waals surface area contributed by atoms with Gasteiger partial charge in [-0.3, -0.25) is 0 Å². The molecular formula is C14H20O3. The number of hydrogen-bond acceptors (Lipinski definition) is 3. The first-order valence-corrected chi connectivity index (χ1v) is 6.01. The third-order valence-corrected chi connectivity index (χ3v) is 3.88. The molecule has 0 spiro atoms. The zero-order chi connectivity index (χ0) is 12.8. The summed E-state index contributed by atoms with van der Waals surface area (Å²) in [7, 11) is 0. The number of benzene rings is 1. The lowest BCUT2D eigenvalue weighted by Crippen LogP contribution is -2.31. The summed E-state index contributed by atoms with van der Waals surface area (Å²) < 4.78 is 6.01. The highest BCUT2D eigenvalue weighted by Crippen LogP contribution is 2.45. The second kappa shape index (κ2) is 3.91. The maximum Gasteiger partial charge on any atom is 0.127 e. The fourth-order valence-electron chi connectivity index (χ4n) is 2.55. The number of phenols is 1. The van der Waals surface area contributed by atoms with Gasteiger partial charge in [-0.25, -0.2) is 0 Å². The molecule has 0 saturated carbocycles. The van der Waals surface area contributed by atoms with Gasteiger partial charge in [0, 0.05) is 25.0 Å². The highest BCUT2D eigenvalue weighted by Gasteiger charge is 2.37. The number of aliphatic hydroxyl groups excluding tert-OH is 1. The van der Waals surface area contributed by atoms with E-state index in [2.05, 4.69) is 0 Å². The van der Waals surface area contributed by atoms with Crippen molar-refractivity contribution in [1.29, 1.82) is 0 Å². The first kappa shape index (κ1) is 12.2. The summed E-state index contributed by atoms with van der Waals surface area (Å²) in [6, 6.07) is 0. The molecule has 1 aromatic carbocycles. The van der Waals surface area contributed by atoms with Crippen molar-refractivity contribution in [2.24, 2.45) is 0 Å². The van der Waals surface area contributed by atoms with Gasteiger partial charge in [-0.05, 0) is 44.4 Å². The number of hydrogen-bond donors (Lipinski definition) is 2. The summed E-state index contributed by atoms with van der Waals surface area (Å²) in [5.41, 5.74) is 3.54. The molecule has 1 aliphatic rings. The Morgan fingerprint density at radius 3 is 2.41 bits per heavy atom. The molecule has 0 fully saturated rings. The Balaban J connectivity index is 2.52. The summed E-state index contributed by atoms with van der Waals surface area (Å²) in [5, 5.41) is 19.1. The standard InChI is InChI=1S/C14H20O3/c1-8-9(2)13-11(10(3)12(8)16)7-14(4,17-13)5-6-15/h15-16H,5-7H2,1-4H3. The molecule has 3 nitrogen and oxygen atoms in total. The predicted octanol–water partition coefficient (Wildman–Crippen LogP) is 2.39. The van der Waals surface area contributed by atoms with Gasteiger partial charge in [-0.15, -0.1) is 0 Å². The Labute approximate surface area is 102 Å². The normalized spacial score (nSPS) is 22.4. The number of aliphatic hydroxyl groups is 1. The summed E-state index contributed by atoms with van der Waals surface area (Å²) in [6.07, 6.45) is 1.36. The second-order valence-corrected chi connectivity index (χ2v) is 5.23. The van der Waals surface area contributed by atoms with Gasteiger partial charge in [-0.1, -0.05) is 0 Å². The third-order valence-electron chi connectivity index (χ3n) is 3.88. The van der Waals surface area contributed by atoms with Crippen molar-refractivity contribution in [2.45, 2.75) is 46.1 Å². The molecule has 0 saturated heterocycles. The molecule has 17 heavy (non-hydrogen) atoms. The lowest BCUT2D eigenvalue weighted by Gasteiger charge is -2.23. The lowest BCUT2D eigenvalue weighted by molar-refractivity contribution is 0.0805. The Kier molecular flexibility index (Phi) is 2.82. The summed E-state index contributed by atoms with van der Waals surface area (Å²) in [6.45, 7) is 7.93. The van der Waals surface area contributed by atoms with Crippen LogP contribution in [0.25, 0.3) is 0 Å². The molecule has 1 unspecified atom stereocenters. The molecule has 3 heteroatoms. The smallest absolute Gasteiger partial charge is 0.127 e. The highest BCUT2D eigenvalue weighted by atomic mass is 16.5. The zero-order valence-corrected chi connectivity index (χ0v) is 10.9. The van der Waals surface area contributed by atoms with Crippen molar-refractivity contribution in [3.8, 4) is 11.5 Å². The molecule has 0 aliphatic carbocycles. The molecule has 1 heterocycles. The van der Waals surface area contributed by atoms with Crippen LogP contribution < -0.4 is 4.74 Å². The molecule has 2 N–H and O–H groups in total. The van der Waals surface area contributed by atoms with Crippen LogP contribution in [0.4, 0.5) is 0 Å². The van der Waals surface area contributed by atoms with Gasteiger partial charge in [0.1, 0.15) is 17.1 Å². The van der Waals surface area contributed by atoms with E-state index in [1.54, 1.807) is 0 Å². The molecule has 2 rings (SSSR count). The monoisotopic (exact) mass is 236 g/mol. The van der Waals surface area contributed by atoms with Gasteiger partial charge in [0.2, 0.25) is 0 Å². The minimum absolute atomic E-state index is 0.119. The number of fused-ring (bicyclic) bond motifs is 1. The van der Waals surface area contributed by atoms with E-state index in [0.717, 1.165) is 34.4 Å². The van der Waals surface area contributed by atoms with Crippen molar-refractivity contribution >= 4 is 0 Å². The van der Waals surface area contributed by atoms with Crippen molar-refractivity contribution in [3.05, 3.63) is 22.3 Å². The van der Waals surface area contributed by atoms with Gasteiger partial charge >= 0.3 is 0 Å². The summed E-state index contributed by atoms with van der Waals surface area (Å²) in [4.78, 5) is 0. The molecule has 1 atom stereocenters. The number of ether oxygens (including phenoxy) is 1. The molecule has 0 radical (unpaired) electrons. The maximum atomic E-state index is 10.0. The fraction of sp³-hybridized carbons (Fsp3) is 0.571. The van der Waals surface area contributed by atoms with Gasteiger partial charge in [0.15, 0.2) is 0 Å². The van der Waals surface area contributed by atoms with E-state index in [0.29, 0.717) is 12.2 Å². The van der Waals surface area contributed by atoms with Crippen molar-refractivity contribution < 1.29 is 14.9 Å². The SMILES string of the molecule is Cc1c(C)c2c(c(C)c1O)CC(C)(CCO)O2. The second-order valence-electron chi connectivity index (χ2n) is 5.23. The van der Waals surface area contributed by atoms with Gasteiger partial charge in [0.25, 0.3) is 0 Å². The van der Waals surface area contributed by atoms with E-state index in [9.17, 15) is 5.11 Å². The Hall–Kier alpha value is -1.22. The van der Waals surface area contributed by atoms with Crippen LogP contribution in [-0.4, -0.2) is 22.4 Å². The lowest BCUT2D eigenvalue weighted by atomic mass is 9.91. The summed E-state index contributed by atoms with van der Waals surface area (Å²) >= 11 is 0. The van der Waals surface area contributed by atoms with E-state index in [1.807, 2.05) is 27.7 Å². The van der Waals surface area contributed by atoms with E-state index in [1.165, 1.54) is 0 Å². The largest absolute Gasteiger partial charge is 0.507 e. The minimum atomic E-state index is -0.340. The van der Waals surface area contributed by atoms with Crippen LogP contribution >= 0.6 is 0 Å². The summed E-state index contributed by atoms with van der Waals surface area (Å²) in [5.74, 6) is 1.27. The van der Waals surface area contributed by atoms with Crippen LogP contribution in [0.5, 0.6) is 11.5 Å². The number of rotatable bonds is 2. The van der Waals surface area contributed by atoms with Crippen LogP contribution in [0.3, 0.4) is 0 Å². The highest BCUT2D eigenvalue weighted by molar-refractivity contribution is 5.59. The third kappa shape index (κ3) is 1.78. The maximum absolute atomic E-state index is 10.0. The Bertz CT molecular complexity index is 426. The molecule has 94 valence electrons. The van der Waals surface area contributed by atoms with Crippen molar-refractivity contribution in [2.75, 3.05) is 6.61 Å². The van der Waals surface area contributed by atoms with Crippen molar-refractivity contribution in [3.63, 3.8) is 0 Å². The molecule has 0 bridgehead atoms. The predicted molar refractivity (Wildman–Crippen MR) is 66.8 cm³/mol. The molecule has 0 amide bonds. The van der Waals surface area contributed by atoms with E-state index in [4.69, 9.17) is 9.84 Å². The Morgan fingerprint density at radius 2 is 1.82 bits per heavy atom. The zero-order valence-electron chi connectivity index (χ0n) is 10.9. The van der Waals surface area contributed by atoms with E-state index >= 15 is 0 Å². The van der Waals surface area contributed by atoms with Gasteiger partial charge in [0.05, 0.1) is 0 Å². The fourth-order valence-corrected chi connectivity index (χ4v) is 2.55. The molecular weight excluding hydrogens is 216 g/mol. The number of phenolic OH excluding ortho intramolecular Hbond substituents is 1. The van der Waals surface area contributed by atoms with Gasteiger partial charge in [-0.2, -0.15) is 0 Å². The van der Waals surface area contributed by atoms with Crippen LogP contribution in [0.1, 0.15) is 35.6 Å². The first-order chi connectivity index (χ1) is 7.89. The Morgan fingerprint density at radius 1 is 1.18 bits per heavy atom. The minimum Gasteiger partial charge on any atom is -0.507 e. The topological polar surface area (TPSA) is 49.7 Å². The van der Waals surface area contributed by atoms with Gasteiger partial charge < -0.3 is 14.9 Å². The molecule has 1 aliphatic heterocycles. The van der Waals surface area contributed by atoms with Crippen LogP contribution in [0.2, 0.25) is 0 Å². The van der Waals surface area contributed by atoms with Crippen molar-refractivity contribution in [1.82, 2.24) is 0 Å². The quantitative estimate of drug-likeness (QED) is 0.829. The van der Waals surface area contributed by atoms with Crippen LogP contribution in [0, 0.1) is 20.8 Å². The van der Waals surface area contributed by atoms with Crippen LogP contribution in [0.15, 0.2) is 0 Å². The van der Waals surface area contributed by atoms with E-state index in [-0.39, 0.29) is 12.2 Å². The first-order valence-electron chi connectivity index (χ1n) is 6.01.